The molecule has 0 atom stereocenters. The highest BCUT2D eigenvalue weighted by Crippen LogP contribution is 2.11. The molecule has 4 heteroatoms. The molecule has 0 saturated carbocycles. The first kappa shape index (κ1) is 12.4. The Kier molecular flexibility index (Phi) is 5.19. The van der Waals surface area contributed by atoms with Crippen LogP contribution in [0.2, 0.25) is 0 Å². The summed E-state index contributed by atoms with van der Waals surface area (Å²) < 4.78 is 4.74. The summed E-state index contributed by atoms with van der Waals surface area (Å²) in [6, 6.07) is 7.16. The number of ether oxygens (including phenoxy) is 1. The molecule has 0 radical (unpaired) electrons. The van der Waals surface area contributed by atoms with Crippen LogP contribution >= 0.6 is 0 Å². The van der Waals surface area contributed by atoms with Gasteiger partial charge in [-0.25, -0.2) is 4.89 Å². The molecule has 0 bridgehead atoms. The lowest BCUT2D eigenvalue weighted by Gasteiger charge is -2.04. The minimum absolute atomic E-state index is 0.354. The molecule has 0 aliphatic carbocycles. The molecule has 0 unspecified atom stereocenters. The van der Waals surface area contributed by atoms with Crippen LogP contribution in [0.5, 0.6) is 5.75 Å². The topological polar surface area (TPSA) is 44.8 Å². The van der Waals surface area contributed by atoms with E-state index in [4.69, 9.17) is 9.62 Å². The zero-order valence-corrected chi connectivity index (χ0v) is 9.56. The van der Waals surface area contributed by atoms with Crippen LogP contribution in [0.4, 0.5) is 4.79 Å². The average molecular weight is 224 g/mol. The number of hydrogen-bond donors (Lipinski definition) is 0. The minimum atomic E-state index is -0.811. The van der Waals surface area contributed by atoms with Crippen LogP contribution in [0, 0.1) is 6.92 Å². The van der Waals surface area contributed by atoms with Crippen LogP contribution in [0.3, 0.4) is 0 Å². The maximum Gasteiger partial charge on any atom is 0.549 e. The second-order valence-electron chi connectivity index (χ2n) is 3.43. The Morgan fingerprint density at radius 2 is 1.94 bits per heavy atom. The summed E-state index contributed by atoms with van der Waals surface area (Å²) in [7, 11) is 0. The van der Waals surface area contributed by atoms with E-state index in [0.29, 0.717) is 12.4 Å². The van der Waals surface area contributed by atoms with Gasteiger partial charge in [-0.15, -0.1) is 0 Å². The van der Waals surface area contributed by atoms with Crippen molar-refractivity contribution in [3.8, 4) is 5.75 Å². The number of benzene rings is 1. The number of unbranched alkanes of at least 4 members (excludes halogenated alkanes) is 1. The van der Waals surface area contributed by atoms with Crippen molar-refractivity contribution in [2.75, 3.05) is 6.61 Å². The van der Waals surface area contributed by atoms with Gasteiger partial charge in [-0.2, -0.15) is 4.79 Å². The number of hydrogen-bond acceptors (Lipinski definition) is 4. The van der Waals surface area contributed by atoms with Gasteiger partial charge in [0.1, 0.15) is 0 Å². The molecule has 0 aromatic heterocycles. The Balaban J connectivity index is 2.23. The van der Waals surface area contributed by atoms with Crippen LogP contribution < -0.4 is 4.89 Å². The van der Waals surface area contributed by atoms with E-state index < -0.39 is 6.16 Å². The number of rotatable bonds is 5. The summed E-state index contributed by atoms with van der Waals surface area (Å²) in [5, 5.41) is 0. The zero-order valence-electron chi connectivity index (χ0n) is 9.56. The van der Waals surface area contributed by atoms with Gasteiger partial charge >= 0.3 is 6.16 Å². The fraction of sp³-hybridized carbons (Fsp3) is 0.417. The molecular weight excluding hydrogens is 208 g/mol. The number of carbonyl (C=O) groups excluding carboxylic acids is 1. The first-order valence-corrected chi connectivity index (χ1v) is 5.30. The zero-order chi connectivity index (χ0) is 11.8. The molecule has 0 heterocycles. The molecule has 1 rings (SSSR count). The summed E-state index contributed by atoms with van der Waals surface area (Å²) in [6.45, 7) is 4.33. The van der Waals surface area contributed by atoms with Gasteiger partial charge in [0.2, 0.25) is 0 Å². The molecule has 4 nitrogen and oxygen atoms in total. The second-order valence-corrected chi connectivity index (χ2v) is 3.43. The van der Waals surface area contributed by atoms with Crippen molar-refractivity contribution < 1.29 is 19.3 Å². The smallest absolute Gasteiger partial charge is 0.432 e. The lowest BCUT2D eigenvalue weighted by atomic mass is 10.2. The molecule has 0 aliphatic heterocycles. The number of aryl methyl sites for hydroxylation is 1. The van der Waals surface area contributed by atoms with Gasteiger partial charge in [0, 0.05) is 0 Å². The quantitative estimate of drug-likeness (QED) is 0.333. The summed E-state index contributed by atoms with van der Waals surface area (Å²) in [5.41, 5.74) is 1.11. The van der Waals surface area contributed by atoms with Crippen LogP contribution in [-0.4, -0.2) is 12.8 Å². The van der Waals surface area contributed by atoms with Crippen LogP contribution in [0.25, 0.3) is 0 Å². The van der Waals surface area contributed by atoms with E-state index >= 15 is 0 Å². The van der Waals surface area contributed by atoms with E-state index in [9.17, 15) is 4.79 Å². The third-order valence-electron chi connectivity index (χ3n) is 1.94. The standard InChI is InChI=1S/C12H16O4/c1-3-4-9-14-12(13)16-15-11-7-5-10(2)6-8-11/h5-8H,3-4,9H2,1-2H3. The molecule has 16 heavy (non-hydrogen) atoms. The summed E-state index contributed by atoms with van der Waals surface area (Å²) >= 11 is 0. The van der Waals surface area contributed by atoms with Gasteiger partial charge in [0.15, 0.2) is 5.75 Å². The predicted molar refractivity (Wildman–Crippen MR) is 59.1 cm³/mol. The molecule has 0 saturated heterocycles. The fourth-order valence-electron chi connectivity index (χ4n) is 1.000. The maximum absolute atomic E-state index is 11.0. The minimum Gasteiger partial charge on any atom is -0.432 e. The molecule has 0 spiro atoms. The highest BCUT2D eigenvalue weighted by Gasteiger charge is 2.05. The van der Waals surface area contributed by atoms with Crippen molar-refractivity contribution >= 4 is 6.16 Å². The predicted octanol–water partition coefficient (Wildman–Crippen LogP) is 3.24. The molecule has 1 aromatic rings. The summed E-state index contributed by atoms with van der Waals surface area (Å²) in [6.07, 6.45) is 0.972. The normalized spacial score (nSPS) is 9.62. The molecule has 88 valence electrons. The number of carbonyl (C=O) groups is 1. The first-order chi connectivity index (χ1) is 7.72. The van der Waals surface area contributed by atoms with Crippen molar-refractivity contribution in [1.29, 1.82) is 0 Å². The third kappa shape index (κ3) is 4.68. The van der Waals surface area contributed by atoms with E-state index in [1.54, 1.807) is 12.1 Å². The van der Waals surface area contributed by atoms with E-state index in [2.05, 4.69) is 4.89 Å². The molecule has 0 aliphatic rings. The van der Waals surface area contributed by atoms with E-state index in [-0.39, 0.29) is 0 Å². The Bertz CT molecular complexity index is 318. The first-order valence-electron chi connectivity index (χ1n) is 5.30. The maximum atomic E-state index is 11.0. The van der Waals surface area contributed by atoms with Gasteiger partial charge in [-0.1, -0.05) is 31.0 Å². The van der Waals surface area contributed by atoms with Crippen LogP contribution in [0.15, 0.2) is 24.3 Å². The van der Waals surface area contributed by atoms with Crippen molar-refractivity contribution in [2.45, 2.75) is 26.7 Å². The molecule has 1 aromatic carbocycles. The van der Waals surface area contributed by atoms with Crippen LogP contribution in [0.1, 0.15) is 25.3 Å². The van der Waals surface area contributed by atoms with Gasteiger partial charge in [-0.3, -0.25) is 4.89 Å². The molecule has 0 N–H and O–H groups in total. The van der Waals surface area contributed by atoms with Gasteiger partial charge in [0.05, 0.1) is 6.61 Å². The lowest BCUT2D eigenvalue weighted by molar-refractivity contribution is -0.168. The van der Waals surface area contributed by atoms with Gasteiger partial charge in [0.25, 0.3) is 0 Å². The highest BCUT2D eigenvalue weighted by atomic mass is 17.2. The summed E-state index contributed by atoms with van der Waals surface area (Å²) in [5.74, 6) is 0.470. The lowest BCUT2D eigenvalue weighted by Crippen LogP contribution is -2.10. The van der Waals surface area contributed by atoms with Crippen molar-refractivity contribution in [1.82, 2.24) is 0 Å². The monoisotopic (exact) mass is 224 g/mol. The largest absolute Gasteiger partial charge is 0.549 e. The molecular formula is C12H16O4. The van der Waals surface area contributed by atoms with Crippen molar-refractivity contribution in [3.63, 3.8) is 0 Å². The Morgan fingerprint density at radius 1 is 1.25 bits per heavy atom. The van der Waals surface area contributed by atoms with Crippen molar-refractivity contribution in [2.24, 2.45) is 0 Å². The molecule has 0 amide bonds. The SMILES string of the molecule is CCCCOC(=O)OOc1ccc(C)cc1. The van der Waals surface area contributed by atoms with Gasteiger partial charge < -0.3 is 4.74 Å². The van der Waals surface area contributed by atoms with E-state index in [1.165, 1.54) is 0 Å². The van der Waals surface area contributed by atoms with E-state index in [1.807, 2.05) is 26.0 Å². The Labute approximate surface area is 95.1 Å². The average Bonchev–Trinajstić information content (AvgIpc) is 2.29. The third-order valence-corrected chi connectivity index (χ3v) is 1.94. The van der Waals surface area contributed by atoms with Crippen molar-refractivity contribution in [3.05, 3.63) is 29.8 Å². The highest BCUT2D eigenvalue weighted by molar-refractivity contribution is 5.59. The Morgan fingerprint density at radius 3 is 2.56 bits per heavy atom. The molecule has 0 fully saturated rings. The second kappa shape index (κ2) is 6.71. The van der Waals surface area contributed by atoms with Crippen LogP contribution in [-0.2, 0) is 9.62 Å². The van der Waals surface area contributed by atoms with E-state index in [0.717, 1.165) is 18.4 Å². The van der Waals surface area contributed by atoms with Gasteiger partial charge in [-0.05, 0) is 25.5 Å². The Hall–Kier alpha value is -1.71. The summed E-state index contributed by atoms with van der Waals surface area (Å²) in [4.78, 5) is 20.2. The fourth-order valence-corrected chi connectivity index (χ4v) is 1.000.